The summed E-state index contributed by atoms with van der Waals surface area (Å²) in [6, 6.07) is 13.0. The van der Waals surface area contributed by atoms with Gasteiger partial charge in [0.15, 0.2) is 0 Å². The van der Waals surface area contributed by atoms with Crippen molar-refractivity contribution < 1.29 is 9.90 Å². The number of fused-ring (bicyclic) bond motifs is 1. The number of H-pyrrole nitrogens is 1. The molecule has 0 radical (unpaired) electrons. The second-order valence-electron chi connectivity index (χ2n) is 6.35. The average Bonchev–Trinajstić information content (AvgIpc) is 3.21. The molecule has 1 aliphatic rings. The first-order valence-corrected chi connectivity index (χ1v) is 7.95. The number of aryl methyl sites for hydroxylation is 1. The standard InChI is InChI=1S/C18H18N4O2/c1-12-4-2-3-5-14(12)18(24)8-9-22(11-18)17(23)13-6-7-15-16(10-13)20-21-19-15/h2-7,10,24H,8-9,11H2,1H3,(H,19,20,21)/t18-/m1/s1. The summed E-state index contributed by atoms with van der Waals surface area (Å²) in [6.07, 6.45) is 0.537. The molecule has 0 saturated carbocycles. The summed E-state index contributed by atoms with van der Waals surface area (Å²) >= 11 is 0. The molecule has 1 aromatic heterocycles. The molecule has 1 amide bonds. The summed E-state index contributed by atoms with van der Waals surface area (Å²) in [5, 5.41) is 21.6. The van der Waals surface area contributed by atoms with Crippen LogP contribution in [0.5, 0.6) is 0 Å². The summed E-state index contributed by atoms with van der Waals surface area (Å²) in [7, 11) is 0. The van der Waals surface area contributed by atoms with Crippen molar-refractivity contribution >= 4 is 16.9 Å². The maximum atomic E-state index is 12.8. The van der Waals surface area contributed by atoms with Crippen molar-refractivity contribution in [3.63, 3.8) is 0 Å². The zero-order chi connectivity index (χ0) is 16.7. The Bertz CT molecular complexity index is 920. The number of carbonyl (C=O) groups excluding carboxylic acids is 1. The second kappa shape index (κ2) is 5.42. The SMILES string of the molecule is Cc1ccccc1[C@@]1(O)CCN(C(=O)c2ccc3n[nH]nc3c2)C1. The van der Waals surface area contributed by atoms with E-state index in [0.29, 0.717) is 30.6 Å². The van der Waals surface area contributed by atoms with E-state index in [1.54, 1.807) is 23.1 Å². The Morgan fingerprint density at radius 1 is 1.21 bits per heavy atom. The number of nitrogens with one attached hydrogen (secondary N) is 1. The highest BCUT2D eigenvalue weighted by Gasteiger charge is 2.40. The highest BCUT2D eigenvalue weighted by Crippen LogP contribution is 2.34. The first kappa shape index (κ1) is 14.8. The van der Waals surface area contributed by atoms with Gasteiger partial charge in [0.2, 0.25) is 0 Å². The highest BCUT2D eigenvalue weighted by atomic mass is 16.3. The molecule has 24 heavy (non-hydrogen) atoms. The van der Waals surface area contributed by atoms with E-state index < -0.39 is 5.60 Å². The van der Waals surface area contributed by atoms with E-state index in [4.69, 9.17) is 0 Å². The minimum absolute atomic E-state index is 0.0931. The van der Waals surface area contributed by atoms with Gasteiger partial charge in [-0.3, -0.25) is 4.79 Å². The average molecular weight is 322 g/mol. The van der Waals surface area contributed by atoms with Crippen molar-refractivity contribution in [2.24, 2.45) is 0 Å². The Morgan fingerprint density at radius 2 is 2.00 bits per heavy atom. The van der Waals surface area contributed by atoms with Gasteiger partial charge in [0.1, 0.15) is 16.6 Å². The zero-order valence-corrected chi connectivity index (χ0v) is 13.4. The molecule has 6 nitrogen and oxygen atoms in total. The topological polar surface area (TPSA) is 82.1 Å². The minimum atomic E-state index is -0.987. The van der Waals surface area contributed by atoms with Crippen LogP contribution in [-0.4, -0.2) is 44.4 Å². The first-order chi connectivity index (χ1) is 11.6. The van der Waals surface area contributed by atoms with Gasteiger partial charge in [-0.25, -0.2) is 0 Å². The van der Waals surface area contributed by atoms with E-state index in [-0.39, 0.29) is 5.91 Å². The molecule has 2 N–H and O–H groups in total. The summed E-state index contributed by atoms with van der Waals surface area (Å²) in [6.45, 7) is 2.81. The fourth-order valence-electron chi connectivity index (χ4n) is 3.44. The molecule has 4 rings (SSSR count). The van der Waals surface area contributed by atoms with Gasteiger partial charge in [-0.05, 0) is 42.7 Å². The molecule has 6 heteroatoms. The number of aromatic nitrogens is 3. The van der Waals surface area contributed by atoms with Crippen LogP contribution in [0.2, 0.25) is 0 Å². The van der Waals surface area contributed by atoms with Crippen molar-refractivity contribution in [2.75, 3.05) is 13.1 Å². The molecule has 122 valence electrons. The Hall–Kier alpha value is -2.73. The third-order valence-corrected chi connectivity index (χ3v) is 4.74. The lowest BCUT2D eigenvalue weighted by molar-refractivity contribution is 0.0412. The third-order valence-electron chi connectivity index (χ3n) is 4.74. The molecule has 1 saturated heterocycles. The maximum absolute atomic E-state index is 12.8. The van der Waals surface area contributed by atoms with Crippen LogP contribution >= 0.6 is 0 Å². The van der Waals surface area contributed by atoms with E-state index in [2.05, 4.69) is 15.4 Å². The predicted octanol–water partition coefficient (Wildman–Crippen LogP) is 2.00. The molecule has 1 atom stereocenters. The van der Waals surface area contributed by atoms with E-state index in [0.717, 1.165) is 16.6 Å². The smallest absolute Gasteiger partial charge is 0.254 e. The molecular weight excluding hydrogens is 304 g/mol. The Morgan fingerprint density at radius 3 is 2.83 bits per heavy atom. The molecule has 0 aliphatic carbocycles. The summed E-state index contributed by atoms with van der Waals surface area (Å²) < 4.78 is 0. The molecular formula is C18H18N4O2. The van der Waals surface area contributed by atoms with Crippen LogP contribution in [0.25, 0.3) is 11.0 Å². The lowest BCUT2D eigenvalue weighted by Crippen LogP contribution is -2.34. The van der Waals surface area contributed by atoms with Crippen LogP contribution < -0.4 is 0 Å². The fourth-order valence-corrected chi connectivity index (χ4v) is 3.44. The van der Waals surface area contributed by atoms with Crippen LogP contribution in [0.15, 0.2) is 42.5 Å². The summed E-state index contributed by atoms with van der Waals surface area (Å²) in [4.78, 5) is 14.5. The molecule has 2 heterocycles. The van der Waals surface area contributed by atoms with Crippen molar-refractivity contribution in [2.45, 2.75) is 18.9 Å². The largest absolute Gasteiger partial charge is 0.383 e. The van der Waals surface area contributed by atoms with Gasteiger partial charge in [0.25, 0.3) is 5.91 Å². The first-order valence-electron chi connectivity index (χ1n) is 7.95. The molecule has 0 bridgehead atoms. The maximum Gasteiger partial charge on any atom is 0.254 e. The van der Waals surface area contributed by atoms with Gasteiger partial charge in [-0.1, -0.05) is 24.3 Å². The Balaban J connectivity index is 1.60. The summed E-state index contributed by atoms with van der Waals surface area (Å²) in [5.41, 5.74) is 2.90. The number of β-amino-alcohol motifs (C(OH)–C–C–N with tert-alkyl or cyclic N) is 1. The van der Waals surface area contributed by atoms with Gasteiger partial charge < -0.3 is 10.0 Å². The number of nitrogens with zero attached hydrogens (tertiary/aromatic N) is 3. The van der Waals surface area contributed by atoms with Gasteiger partial charge in [-0.2, -0.15) is 15.4 Å². The number of likely N-dealkylation sites (tertiary alicyclic amines) is 1. The van der Waals surface area contributed by atoms with Gasteiger partial charge in [0.05, 0.1) is 6.54 Å². The van der Waals surface area contributed by atoms with E-state index in [1.165, 1.54) is 0 Å². The molecule has 1 fully saturated rings. The third kappa shape index (κ3) is 2.35. The molecule has 3 aromatic rings. The van der Waals surface area contributed by atoms with Crippen LogP contribution in [0.3, 0.4) is 0 Å². The number of benzene rings is 2. The lowest BCUT2D eigenvalue weighted by atomic mass is 9.89. The lowest BCUT2D eigenvalue weighted by Gasteiger charge is -2.25. The number of aromatic amines is 1. The van der Waals surface area contributed by atoms with Crippen LogP contribution in [0, 0.1) is 6.92 Å². The van der Waals surface area contributed by atoms with Crippen LogP contribution in [0.1, 0.15) is 27.9 Å². The number of carbonyl (C=O) groups is 1. The molecule has 0 spiro atoms. The van der Waals surface area contributed by atoms with Crippen LogP contribution in [-0.2, 0) is 5.60 Å². The van der Waals surface area contributed by atoms with Crippen molar-refractivity contribution in [1.29, 1.82) is 0 Å². The number of aliphatic hydroxyl groups is 1. The van der Waals surface area contributed by atoms with Crippen LogP contribution in [0.4, 0.5) is 0 Å². The molecule has 1 aliphatic heterocycles. The predicted molar refractivity (Wildman–Crippen MR) is 89.5 cm³/mol. The minimum Gasteiger partial charge on any atom is -0.383 e. The van der Waals surface area contributed by atoms with E-state index in [1.807, 2.05) is 31.2 Å². The van der Waals surface area contributed by atoms with Crippen molar-refractivity contribution in [3.05, 3.63) is 59.2 Å². The zero-order valence-electron chi connectivity index (χ0n) is 13.4. The Labute approximate surface area is 139 Å². The number of hydrogen-bond acceptors (Lipinski definition) is 4. The Kier molecular flexibility index (Phi) is 3.35. The highest BCUT2D eigenvalue weighted by molar-refractivity contribution is 5.97. The van der Waals surface area contributed by atoms with E-state index >= 15 is 0 Å². The quantitative estimate of drug-likeness (QED) is 0.756. The van der Waals surface area contributed by atoms with Crippen molar-refractivity contribution in [1.82, 2.24) is 20.3 Å². The normalized spacial score (nSPS) is 20.7. The van der Waals surface area contributed by atoms with E-state index in [9.17, 15) is 9.90 Å². The van der Waals surface area contributed by atoms with Gasteiger partial charge in [0, 0.05) is 12.1 Å². The monoisotopic (exact) mass is 322 g/mol. The van der Waals surface area contributed by atoms with Gasteiger partial charge >= 0.3 is 0 Å². The fraction of sp³-hybridized carbons (Fsp3) is 0.278. The number of hydrogen-bond donors (Lipinski definition) is 2. The number of rotatable bonds is 2. The second-order valence-corrected chi connectivity index (χ2v) is 6.35. The molecule has 0 unspecified atom stereocenters. The molecule has 2 aromatic carbocycles. The van der Waals surface area contributed by atoms with Gasteiger partial charge in [-0.15, -0.1) is 0 Å². The van der Waals surface area contributed by atoms with Crippen molar-refractivity contribution in [3.8, 4) is 0 Å². The summed E-state index contributed by atoms with van der Waals surface area (Å²) in [5.74, 6) is -0.0931. The number of amides is 1.